The van der Waals surface area contributed by atoms with Gasteiger partial charge in [-0.2, -0.15) is 0 Å². The van der Waals surface area contributed by atoms with E-state index in [4.69, 9.17) is 15.3 Å². The van der Waals surface area contributed by atoms with Crippen LogP contribution < -0.4 is 20.4 Å². The summed E-state index contributed by atoms with van der Waals surface area (Å²) in [4.78, 5) is 24.7. The number of aliphatic hydroxyl groups is 1. The molecule has 49 heavy (non-hydrogen) atoms. The number of carbonyl (C=O) groups is 2. The summed E-state index contributed by atoms with van der Waals surface area (Å²) in [5.74, 6) is 0.268. The molecule has 0 aliphatic heterocycles. The van der Waals surface area contributed by atoms with E-state index in [2.05, 4.69) is 93.7 Å². The van der Waals surface area contributed by atoms with Gasteiger partial charge in [0.05, 0.1) is 39.8 Å². The second-order valence-corrected chi connectivity index (χ2v) is 18.5. The zero-order valence-corrected chi connectivity index (χ0v) is 31.6. The first-order valence-electron chi connectivity index (χ1n) is 18.2. The number of likely N-dealkylation sites (N-methyl/N-ethyl adjacent to an activating group) is 1. The highest BCUT2D eigenvalue weighted by Gasteiger charge is 2.50. The fourth-order valence-electron chi connectivity index (χ4n) is 6.21. The Balaban J connectivity index is 1.71. The minimum atomic E-state index is -2.71. The molecule has 1 unspecified atom stereocenters. The summed E-state index contributed by atoms with van der Waals surface area (Å²) in [6, 6.07) is 27.1. The van der Waals surface area contributed by atoms with Crippen LogP contribution in [0, 0.1) is 6.92 Å². The summed E-state index contributed by atoms with van der Waals surface area (Å²) < 4.78 is 26.8. The normalized spacial score (nSPS) is 13.3. The molecule has 268 valence electrons. The highest BCUT2D eigenvalue weighted by Crippen LogP contribution is 2.36. The minimum absolute atomic E-state index is 0.0657. The fraction of sp³-hybridized carbons (Fsp3) is 0.500. The number of aliphatic hydroxyl groups excluding tert-OH is 1. The van der Waals surface area contributed by atoms with Crippen molar-refractivity contribution in [3.8, 4) is 5.75 Å². The van der Waals surface area contributed by atoms with Gasteiger partial charge in [-0.1, -0.05) is 101 Å². The molecular weight excluding hydrogens is 633 g/mol. The molecule has 0 saturated carbocycles. The number of unbranched alkanes of at least 4 members (excludes halogenated alkanes) is 1. The number of nitrogens with one attached hydrogen (secondary N) is 1. The highest BCUT2D eigenvalue weighted by atomic mass is 28.4. The van der Waals surface area contributed by atoms with Crippen LogP contribution >= 0.6 is 0 Å². The highest BCUT2D eigenvalue weighted by molar-refractivity contribution is 6.99. The van der Waals surface area contributed by atoms with Crippen molar-refractivity contribution in [3.05, 3.63) is 90.0 Å². The largest absolute Gasteiger partial charge is 0.493 e. The van der Waals surface area contributed by atoms with Crippen molar-refractivity contribution < 1.29 is 33.1 Å². The van der Waals surface area contributed by atoms with Gasteiger partial charge in [0.2, 0.25) is 7.34 Å². The molecule has 0 radical (unpaired) electrons. The van der Waals surface area contributed by atoms with Crippen LogP contribution in [0.1, 0.15) is 70.9 Å². The van der Waals surface area contributed by atoms with E-state index >= 15 is 0 Å². The molecule has 1 atom stereocenters. The van der Waals surface area contributed by atoms with Crippen LogP contribution in [0.3, 0.4) is 0 Å². The Bertz CT molecular complexity index is 1410. The van der Waals surface area contributed by atoms with Crippen LogP contribution in [0.25, 0.3) is 0 Å². The summed E-state index contributed by atoms with van der Waals surface area (Å²) >= 11 is 0. The van der Waals surface area contributed by atoms with E-state index in [-0.39, 0.29) is 43.0 Å². The van der Waals surface area contributed by atoms with Crippen LogP contribution in [0.5, 0.6) is 5.75 Å². The summed E-state index contributed by atoms with van der Waals surface area (Å²) in [6.45, 7) is 15.2. The molecule has 2 N–H and O–H groups in total. The van der Waals surface area contributed by atoms with E-state index in [9.17, 15) is 9.59 Å². The van der Waals surface area contributed by atoms with Crippen molar-refractivity contribution in [1.82, 2.24) is 5.32 Å². The van der Waals surface area contributed by atoms with Gasteiger partial charge in [-0.05, 0) is 52.0 Å². The number of aryl methyl sites for hydroxylation is 1. The van der Waals surface area contributed by atoms with Gasteiger partial charge in [0, 0.05) is 19.4 Å². The Morgan fingerprint density at radius 3 is 2.14 bits per heavy atom. The molecule has 3 rings (SSSR count). The first-order chi connectivity index (χ1) is 23.9. The maximum Gasteiger partial charge on any atom is 0.306 e. The topological polar surface area (TPSA) is 94.1 Å². The second-order valence-electron chi connectivity index (χ2n) is 14.2. The molecule has 0 aromatic heterocycles. The number of amides is 1. The van der Waals surface area contributed by atoms with E-state index in [1.165, 1.54) is 10.4 Å². The molecular formula is C40H59N2O6Si+. The molecule has 0 heterocycles. The van der Waals surface area contributed by atoms with Crippen molar-refractivity contribution in [2.45, 2.75) is 78.4 Å². The van der Waals surface area contributed by atoms with Crippen molar-refractivity contribution in [1.29, 1.82) is 1.43 Å². The van der Waals surface area contributed by atoms with E-state index in [1.807, 2.05) is 37.3 Å². The quantitative estimate of drug-likeness (QED) is 0.0624. The lowest BCUT2D eigenvalue weighted by Gasteiger charge is -2.44. The third-order valence-electron chi connectivity index (χ3n) is 9.26. The molecule has 0 spiro atoms. The zero-order valence-electron chi connectivity index (χ0n) is 31.6. The smallest absolute Gasteiger partial charge is 0.306 e. The Morgan fingerprint density at radius 1 is 0.878 bits per heavy atom. The minimum Gasteiger partial charge on any atom is -0.493 e. The van der Waals surface area contributed by atoms with Crippen LogP contribution in [-0.2, 0) is 25.4 Å². The summed E-state index contributed by atoms with van der Waals surface area (Å²) in [5, 5.41) is 9.80. The number of carbonyl (C=O) groups excluding carboxylic acids is 2. The van der Waals surface area contributed by atoms with E-state index in [1.54, 1.807) is 0 Å². The van der Waals surface area contributed by atoms with E-state index in [0.717, 1.165) is 49.2 Å². The SMILES string of the molecule is [2H]OCc1cc(OCCC[N+](C)(CCOC(=O)CCC(=O)NCCCC)CCO[Si](c2ccccc2)(c2ccccc2)C(C)(C)C)ccc1C. The fourth-order valence-corrected chi connectivity index (χ4v) is 10.8. The number of ether oxygens (including phenoxy) is 2. The number of esters is 1. The standard InChI is InChI=1S/C40H58N2O6Si/c1-7-8-24-41-38(44)22-23-39(45)47-29-26-42(6,25-15-28-46-35-21-20-33(2)34(31-35)32-43)27-30-48-49(40(3,4)5,36-16-11-9-12-17-36)37-18-13-10-14-19-37/h9-14,16-21,31,43H,7-8,15,22-30,32H2,1-6H3/p+1/i43D. The molecule has 0 fully saturated rings. The summed E-state index contributed by atoms with van der Waals surface area (Å²) in [6.07, 6.45) is 2.90. The van der Waals surface area contributed by atoms with Gasteiger partial charge in [0.1, 0.15) is 25.4 Å². The van der Waals surface area contributed by atoms with Gasteiger partial charge in [0.25, 0.3) is 8.32 Å². The third kappa shape index (κ3) is 12.1. The van der Waals surface area contributed by atoms with Crippen molar-refractivity contribution in [2.75, 3.05) is 53.0 Å². The van der Waals surface area contributed by atoms with Gasteiger partial charge in [-0.25, -0.2) is 0 Å². The second kappa shape index (κ2) is 19.6. The predicted molar refractivity (Wildman–Crippen MR) is 200 cm³/mol. The zero-order chi connectivity index (χ0) is 36.5. The number of rotatable bonds is 22. The van der Waals surface area contributed by atoms with Crippen LogP contribution in [-0.4, -0.2) is 84.3 Å². The predicted octanol–water partition coefficient (Wildman–Crippen LogP) is 5.52. The number of hydrogen-bond donors (Lipinski definition) is 2. The lowest BCUT2D eigenvalue weighted by molar-refractivity contribution is -0.910. The van der Waals surface area contributed by atoms with Crippen LogP contribution in [0.2, 0.25) is 5.04 Å². The molecule has 3 aromatic rings. The molecule has 1 amide bonds. The molecule has 9 heteroatoms. The third-order valence-corrected chi connectivity index (χ3v) is 14.3. The maximum absolute atomic E-state index is 12.6. The van der Waals surface area contributed by atoms with Gasteiger partial charge >= 0.3 is 5.97 Å². The lowest BCUT2D eigenvalue weighted by atomic mass is 10.1. The average molecular weight is 693 g/mol. The van der Waals surface area contributed by atoms with Gasteiger partial charge < -0.3 is 28.8 Å². The molecule has 0 aliphatic rings. The molecule has 3 aromatic carbocycles. The van der Waals surface area contributed by atoms with Crippen molar-refractivity contribution in [3.63, 3.8) is 0 Å². The Hall–Kier alpha value is -3.50. The summed E-state index contributed by atoms with van der Waals surface area (Å²) in [5.41, 5.74) is 1.99. The van der Waals surface area contributed by atoms with Crippen LogP contribution in [0.4, 0.5) is 0 Å². The van der Waals surface area contributed by atoms with Crippen LogP contribution in [0.15, 0.2) is 78.9 Å². The lowest BCUT2D eigenvalue weighted by Crippen LogP contribution is -2.67. The van der Waals surface area contributed by atoms with Gasteiger partial charge in [-0.3, -0.25) is 9.59 Å². The summed E-state index contributed by atoms with van der Waals surface area (Å²) in [7, 11) is -0.533. The Kier molecular flexibility index (Phi) is 15.3. The number of nitrogens with zero attached hydrogens (tertiary/aromatic N) is 1. The Morgan fingerprint density at radius 2 is 1.53 bits per heavy atom. The van der Waals surface area contributed by atoms with Gasteiger partial charge in [0.15, 0.2) is 0 Å². The van der Waals surface area contributed by atoms with E-state index in [0.29, 0.717) is 30.8 Å². The Labute approximate surface area is 297 Å². The van der Waals surface area contributed by atoms with Gasteiger partial charge in [-0.15, -0.1) is 0 Å². The monoisotopic (exact) mass is 692 g/mol. The van der Waals surface area contributed by atoms with Crippen molar-refractivity contribution >= 4 is 30.6 Å². The maximum atomic E-state index is 12.6. The average Bonchev–Trinajstić information content (AvgIpc) is 3.09. The number of hydrogen-bond acceptors (Lipinski definition) is 6. The first-order valence-corrected chi connectivity index (χ1v) is 19.7. The molecule has 8 nitrogen and oxygen atoms in total. The number of benzene rings is 3. The molecule has 0 aliphatic carbocycles. The van der Waals surface area contributed by atoms with E-state index < -0.39 is 8.32 Å². The van der Waals surface area contributed by atoms with Crippen molar-refractivity contribution in [2.24, 2.45) is 0 Å². The molecule has 0 saturated heterocycles. The first kappa shape index (κ1) is 38.3. The number of quaternary nitrogens is 1. The molecule has 0 bridgehead atoms.